The monoisotopic (exact) mass is 383 g/mol. The first kappa shape index (κ1) is 14.9. The highest BCUT2D eigenvalue weighted by molar-refractivity contribution is 9.10. The Morgan fingerprint density at radius 2 is 1.83 bits per heavy atom. The Labute approximate surface area is 147 Å². The summed E-state index contributed by atoms with van der Waals surface area (Å²) in [4.78, 5) is 0. The van der Waals surface area contributed by atoms with E-state index in [0.29, 0.717) is 5.95 Å². The number of nitrogens with one attached hydrogen (secondary N) is 1. The Morgan fingerprint density at radius 1 is 1.08 bits per heavy atom. The van der Waals surface area contributed by atoms with E-state index in [4.69, 9.17) is 4.74 Å². The summed E-state index contributed by atoms with van der Waals surface area (Å²) in [6.07, 6.45) is 2.12. The summed E-state index contributed by atoms with van der Waals surface area (Å²) in [5.74, 6) is 1.45. The molecule has 0 aliphatic carbocycles. The minimum Gasteiger partial charge on any atom is -0.497 e. The number of halogens is 1. The van der Waals surface area contributed by atoms with E-state index in [2.05, 4.69) is 55.0 Å². The zero-order valence-corrected chi connectivity index (χ0v) is 14.4. The van der Waals surface area contributed by atoms with Gasteiger partial charge in [0, 0.05) is 10.2 Å². The van der Waals surface area contributed by atoms with Gasteiger partial charge in [0.1, 0.15) is 11.8 Å². The maximum absolute atomic E-state index is 5.22. The fraction of sp³-hybridized carbons (Fsp3) is 0.118. The van der Waals surface area contributed by atoms with Crippen molar-refractivity contribution in [3.63, 3.8) is 0 Å². The molecular weight excluding hydrogens is 370 g/mol. The van der Waals surface area contributed by atoms with Crippen LogP contribution in [0.5, 0.6) is 5.75 Å². The zero-order valence-electron chi connectivity index (χ0n) is 12.8. The molecule has 1 N–H and O–H groups in total. The van der Waals surface area contributed by atoms with Crippen LogP contribution in [-0.2, 0) is 0 Å². The van der Waals surface area contributed by atoms with Crippen LogP contribution >= 0.6 is 15.9 Å². The molecule has 0 fully saturated rings. The van der Waals surface area contributed by atoms with E-state index in [1.165, 1.54) is 0 Å². The molecule has 0 bridgehead atoms. The summed E-state index contributed by atoms with van der Waals surface area (Å²) in [6, 6.07) is 16.0. The van der Waals surface area contributed by atoms with Crippen molar-refractivity contribution in [3.05, 3.63) is 70.2 Å². The molecule has 2 heterocycles. The minimum absolute atomic E-state index is 0.0681. The Balaban J connectivity index is 1.76. The maximum Gasteiger partial charge on any atom is 0.248 e. The molecule has 0 saturated carbocycles. The van der Waals surface area contributed by atoms with Crippen molar-refractivity contribution in [1.29, 1.82) is 0 Å². The second-order valence-corrected chi connectivity index (χ2v) is 6.29. The van der Waals surface area contributed by atoms with Crippen molar-refractivity contribution in [3.8, 4) is 5.75 Å². The lowest BCUT2D eigenvalue weighted by Gasteiger charge is -2.23. The van der Waals surface area contributed by atoms with E-state index in [9.17, 15) is 0 Å². The molecule has 1 aromatic heterocycles. The third kappa shape index (κ3) is 2.67. The highest BCUT2D eigenvalue weighted by Gasteiger charge is 2.24. The number of anilines is 1. The van der Waals surface area contributed by atoms with Crippen LogP contribution in [0.1, 0.15) is 17.2 Å². The van der Waals surface area contributed by atoms with Gasteiger partial charge in [-0.3, -0.25) is 0 Å². The van der Waals surface area contributed by atoms with Crippen LogP contribution in [0, 0.1) is 0 Å². The molecule has 7 heteroatoms. The number of nitrogens with zero attached hydrogens (tertiary/aromatic N) is 4. The van der Waals surface area contributed by atoms with Gasteiger partial charge in [0.2, 0.25) is 5.95 Å². The van der Waals surface area contributed by atoms with Gasteiger partial charge in [-0.1, -0.05) is 33.2 Å². The van der Waals surface area contributed by atoms with Crippen molar-refractivity contribution in [1.82, 2.24) is 20.2 Å². The van der Waals surface area contributed by atoms with Crippen molar-refractivity contribution >= 4 is 27.6 Å². The molecule has 0 unspecified atom stereocenters. The van der Waals surface area contributed by atoms with Gasteiger partial charge in [-0.2, -0.15) is 4.68 Å². The SMILES string of the molecule is COc1ccc(C2=C[C@@H](c3ccc(Br)cc3)n3nnnc3N2)cc1. The molecule has 2 aromatic carbocycles. The number of ether oxygens (including phenoxy) is 1. The molecule has 3 aromatic rings. The molecule has 120 valence electrons. The molecule has 0 saturated heterocycles. The number of benzene rings is 2. The fourth-order valence-corrected chi connectivity index (χ4v) is 2.95. The first-order valence-electron chi connectivity index (χ1n) is 7.41. The van der Waals surface area contributed by atoms with E-state index in [1.54, 1.807) is 11.8 Å². The van der Waals surface area contributed by atoms with E-state index >= 15 is 0 Å². The van der Waals surface area contributed by atoms with Crippen molar-refractivity contribution in [2.45, 2.75) is 6.04 Å². The largest absolute Gasteiger partial charge is 0.497 e. The van der Waals surface area contributed by atoms with Crippen LogP contribution in [0.2, 0.25) is 0 Å². The van der Waals surface area contributed by atoms with Crippen LogP contribution in [0.25, 0.3) is 5.70 Å². The maximum atomic E-state index is 5.22. The van der Waals surface area contributed by atoms with Crippen LogP contribution in [0.4, 0.5) is 5.95 Å². The van der Waals surface area contributed by atoms with Gasteiger partial charge in [-0.15, -0.1) is 0 Å². The summed E-state index contributed by atoms with van der Waals surface area (Å²) in [7, 11) is 1.66. The predicted molar refractivity (Wildman–Crippen MR) is 94.7 cm³/mol. The number of hydrogen-bond donors (Lipinski definition) is 1. The number of fused-ring (bicyclic) bond motifs is 1. The lowest BCUT2D eigenvalue weighted by atomic mass is 10.0. The highest BCUT2D eigenvalue weighted by Crippen LogP contribution is 2.32. The zero-order chi connectivity index (χ0) is 16.5. The fourth-order valence-electron chi connectivity index (χ4n) is 2.69. The Kier molecular flexibility index (Phi) is 3.78. The van der Waals surface area contributed by atoms with Crippen LogP contribution in [0.15, 0.2) is 59.1 Å². The van der Waals surface area contributed by atoms with Crippen LogP contribution in [0.3, 0.4) is 0 Å². The summed E-state index contributed by atoms with van der Waals surface area (Å²) in [6.45, 7) is 0. The molecule has 1 aliphatic heterocycles. The molecular formula is C17H14BrN5O. The average molecular weight is 384 g/mol. The van der Waals surface area contributed by atoms with Crippen LogP contribution in [-0.4, -0.2) is 27.3 Å². The molecule has 4 rings (SSSR count). The first-order chi connectivity index (χ1) is 11.7. The van der Waals surface area contributed by atoms with E-state index in [1.807, 2.05) is 36.4 Å². The van der Waals surface area contributed by atoms with Gasteiger partial charge in [-0.25, -0.2) is 0 Å². The van der Waals surface area contributed by atoms with Crippen molar-refractivity contribution in [2.24, 2.45) is 0 Å². The third-order valence-corrected chi connectivity index (χ3v) is 4.47. The number of aromatic nitrogens is 4. The molecule has 0 spiro atoms. The molecule has 1 atom stereocenters. The Hall–Kier alpha value is -2.67. The Bertz CT molecular complexity index is 886. The summed E-state index contributed by atoms with van der Waals surface area (Å²) >= 11 is 3.47. The van der Waals surface area contributed by atoms with Gasteiger partial charge in [0.15, 0.2) is 0 Å². The topological polar surface area (TPSA) is 64.9 Å². The summed E-state index contributed by atoms with van der Waals surface area (Å²) < 4.78 is 8.03. The smallest absolute Gasteiger partial charge is 0.248 e. The molecule has 0 radical (unpaired) electrons. The predicted octanol–water partition coefficient (Wildman–Crippen LogP) is 3.50. The Morgan fingerprint density at radius 3 is 2.54 bits per heavy atom. The third-order valence-electron chi connectivity index (χ3n) is 3.94. The quantitative estimate of drug-likeness (QED) is 0.749. The number of rotatable bonds is 3. The molecule has 0 amide bonds. The van der Waals surface area contributed by atoms with Gasteiger partial charge < -0.3 is 10.1 Å². The first-order valence-corrected chi connectivity index (χ1v) is 8.20. The lowest BCUT2D eigenvalue weighted by molar-refractivity contribution is 0.415. The van der Waals surface area contributed by atoms with Gasteiger partial charge in [-0.05, 0) is 64.0 Å². The van der Waals surface area contributed by atoms with Crippen LogP contribution < -0.4 is 10.1 Å². The number of methoxy groups -OCH3 is 1. The summed E-state index contributed by atoms with van der Waals surface area (Å²) in [5, 5.41) is 15.3. The normalized spacial score (nSPS) is 16.1. The molecule has 6 nitrogen and oxygen atoms in total. The van der Waals surface area contributed by atoms with E-state index < -0.39 is 0 Å². The average Bonchev–Trinajstić information content (AvgIpc) is 3.10. The highest BCUT2D eigenvalue weighted by atomic mass is 79.9. The second-order valence-electron chi connectivity index (χ2n) is 5.38. The van der Waals surface area contributed by atoms with Gasteiger partial charge in [0.25, 0.3) is 0 Å². The van der Waals surface area contributed by atoms with E-state index in [0.717, 1.165) is 27.0 Å². The number of hydrogen-bond acceptors (Lipinski definition) is 5. The molecule has 24 heavy (non-hydrogen) atoms. The summed E-state index contributed by atoms with van der Waals surface area (Å²) in [5.41, 5.74) is 3.12. The van der Waals surface area contributed by atoms with Gasteiger partial charge in [0.05, 0.1) is 7.11 Å². The second kappa shape index (κ2) is 6.09. The van der Waals surface area contributed by atoms with Crippen molar-refractivity contribution in [2.75, 3.05) is 12.4 Å². The number of tetrazole rings is 1. The minimum atomic E-state index is -0.0681. The standard InChI is InChI=1S/C17H14BrN5O/c1-24-14-8-4-11(5-9-14)15-10-16(12-2-6-13(18)7-3-12)23-17(19-15)20-21-22-23/h2-10,16H,1H3,(H,19,20,22)/t16-/m0/s1. The van der Waals surface area contributed by atoms with Crippen molar-refractivity contribution < 1.29 is 4.74 Å². The molecule has 1 aliphatic rings. The number of allylic oxidation sites excluding steroid dienone is 1. The lowest BCUT2D eigenvalue weighted by Crippen LogP contribution is -2.20. The van der Waals surface area contributed by atoms with Gasteiger partial charge >= 0.3 is 0 Å². The van der Waals surface area contributed by atoms with E-state index in [-0.39, 0.29) is 6.04 Å².